The summed E-state index contributed by atoms with van der Waals surface area (Å²) in [5.74, 6) is 0.469. The number of thiazole rings is 1. The van der Waals surface area contributed by atoms with Crippen LogP contribution in [0.15, 0.2) is 0 Å². The molecular weight excluding hydrogens is 170 g/mol. The number of aliphatic hydroxyl groups excluding tert-OH is 1. The van der Waals surface area contributed by atoms with Gasteiger partial charge in [0, 0.05) is 4.88 Å². The first-order valence-corrected chi connectivity index (χ1v) is 5.10. The lowest BCUT2D eigenvalue weighted by atomic mass is 10.1. The SMILES string of the molecule is CCc1sc(CO)nc1C(C)C. The van der Waals surface area contributed by atoms with Crippen molar-refractivity contribution in [1.82, 2.24) is 4.98 Å². The molecule has 0 saturated carbocycles. The molecule has 0 amide bonds. The summed E-state index contributed by atoms with van der Waals surface area (Å²) >= 11 is 1.63. The molecule has 0 aromatic carbocycles. The Kier molecular flexibility index (Phi) is 3.23. The minimum atomic E-state index is 0.0738. The van der Waals surface area contributed by atoms with E-state index in [0.29, 0.717) is 5.92 Å². The molecule has 0 bridgehead atoms. The van der Waals surface area contributed by atoms with Crippen molar-refractivity contribution in [3.63, 3.8) is 0 Å². The summed E-state index contributed by atoms with van der Waals surface area (Å²) in [6, 6.07) is 0. The third-order valence-electron chi connectivity index (χ3n) is 1.78. The van der Waals surface area contributed by atoms with Crippen LogP contribution in [0.3, 0.4) is 0 Å². The summed E-state index contributed by atoms with van der Waals surface area (Å²) in [5, 5.41) is 9.74. The number of nitrogens with zero attached hydrogens (tertiary/aromatic N) is 1. The standard InChI is InChI=1S/C9H15NOS/c1-4-7-9(6(2)3)10-8(5-11)12-7/h6,11H,4-5H2,1-3H3. The van der Waals surface area contributed by atoms with Crippen molar-refractivity contribution in [2.75, 3.05) is 0 Å². The van der Waals surface area contributed by atoms with Crippen LogP contribution >= 0.6 is 11.3 Å². The molecule has 1 aromatic heterocycles. The summed E-state index contributed by atoms with van der Waals surface area (Å²) in [5.41, 5.74) is 1.16. The van der Waals surface area contributed by atoms with Crippen LogP contribution in [0.1, 0.15) is 42.3 Å². The largest absolute Gasteiger partial charge is 0.389 e. The van der Waals surface area contributed by atoms with Crippen molar-refractivity contribution >= 4 is 11.3 Å². The second kappa shape index (κ2) is 4.01. The van der Waals surface area contributed by atoms with E-state index in [1.165, 1.54) is 4.88 Å². The molecule has 0 saturated heterocycles. The van der Waals surface area contributed by atoms with Gasteiger partial charge in [0.05, 0.1) is 12.3 Å². The quantitative estimate of drug-likeness (QED) is 0.784. The van der Waals surface area contributed by atoms with E-state index < -0.39 is 0 Å². The molecule has 1 N–H and O–H groups in total. The van der Waals surface area contributed by atoms with E-state index in [9.17, 15) is 0 Å². The minimum absolute atomic E-state index is 0.0738. The molecule has 0 fully saturated rings. The zero-order chi connectivity index (χ0) is 9.14. The molecule has 1 aromatic rings. The molecular formula is C9H15NOS. The Morgan fingerprint density at radius 2 is 2.17 bits per heavy atom. The molecule has 3 heteroatoms. The van der Waals surface area contributed by atoms with Gasteiger partial charge in [0.1, 0.15) is 5.01 Å². The summed E-state index contributed by atoms with van der Waals surface area (Å²) in [4.78, 5) is 5.68. The zero-order valence-electron chi connectivity index (χ0n) is 7.79. The molecule has 0 aliphatic rings. The van der Waals surface area contributed by atoms with Crippen LogP contribution in [-0.4, -0.2) is 10.1 Å². The first kappa shape index (κ1) is 9.68. The van der Waals surface area contributed by atoms with E-state index in [4.69, 9.17) is 5.11 Å². The lowest BCUT2D eigenvalue weighted by Gasteiger charge is -2.01. The van der Waals surface area contributed by atoms with Gasteiger partial charge in [-0.05, 0) is 12.3 Å². The molecule has 0 aliphatic carbocycles. The highest BCUT2D eigenvalue weighted by atomic mass is 32.1. The van der Waals surface area contributed by atoms with Gasteiger partial charge >= 0.3 is 0 Å². The van der Waals surface area contributed by atoms with Crippen molar-refractivity contribution in [2.24, 2.45) is 0 Å². The molecule has 0 aliphatic heterocycles. The normalized spacial score (nSPS) is 11.1. The lowest BCUT2D eigenvalue weighted by Crippen LogP contribution is -1.92. The Labute approximate surface area is 77.3 Å². The monoisotopic (exact) mass is 185 g/mol. The third-order valence-corrected chi connectivity index (χ3v) is 2.98. The zero-order valence-corrected chi connectivity index (χ0v) is 8.61. The van der Waals surface area contributed by atoms with Crippen LogP contribution < -0.4 is 0 Å². The van der Waals surface area contributed by atoms with E-state index in [-0.39, 0.29) is 6.61 Å². The molecule has 0 unspecified atom stereocenters. The molecule has 0 radical (unpaired) electrons. The number of aryl methyl sites for hydroxylation is 1. The van der Waals surface area contributed by atoms with E-state index in [1.54, 1.807) is 11.3 Å². The van der Waals surface area contributed by atoms with Crippen LogP contribution in [-0.2, 0) is 13.0 Å². The van der Waals surface area contributed by atoms with Gasteiger partial charge in [0.25, 0.3) is 0 Å². The molecule has 12 heavy (non-hydrogen) atoms. The van der Waals surface area contributed by atoms with Crippen molar-refractivity contribution in [3.8, 4) is 0 Å². The van der Waals surface area contributed by atoms with Gasteiger partial charge in [-0.15, -0.1) is 11.3 Å². The Hall–Kier alpha value is -0.410. The highest BCUT2D eigenvalue weighted by Gasteiger charge is 2.11. The lowest BCUT2D eigenvalue weighted by molar-refractivity contribution is 0.281. The maximum absolute atomic E-state index is 8.90. The van der Waals surface area contributed by atoms with Gasteiger partial charge in [-0.3, -0.25) is 0 Å². The van der Waals surface area contributed by atoms with Crippen molar-refractivity contribution in [3.05, 3.63) is 15.6 Å². The van der Waals surface area contributed by atoms with Gasteiger partial charge in [0.15, 0.2) is 0 Å². The van der Waals surface area contributed by atoms with Crippen molar-refractivity contribution in [1.29, 1.82) is 0 Å². The van der Waals surface area contributed by atoms with Crippen molar-refractivity contribution in [2.45, 2.75) is 39.7 Å². The number of rotatable bonds is 3. The van der Waals surface area contributed by atoms with Crippen LogP contribution in [0.5, 0.6) is 0 Å². The number of aromatic nitrogens is 1. The average Bonchev–Trinajstić information content (AvgIpc) is 2.47. The fraction of sp³-hybridized carbons (Fsp3) is 0.667. The van der Waals surface area contributed by atoms with Crippen molar-refractivity contribution < 1.29 is 5.11 Å². The molecule has 1 rings (SSSR count). The highest BCUT2D eigenvalue weighted by molar-refractivity contribution is 7.11. The molecule has 2 nitrogen and oxygen atoms in total. The molecule has 0 atom stereocenters. The Balaban J connectivity index is 3.00. The fourth-order valence-corrected chi connectivity index (χ4v) is 2.21. The summed E-state index contributed by atoms with van der Waals surface area (Å²) in [6.45, 7) is 6.47. The van der Waals surface area contributed by atoms with Crippen LogP contribution in [0.4, 0.5) is 0 Å². The molecule has 68 valence electrons. The first-order valence-electron chi connectivity index (χ1n) is 4.28. The minimum Gasteiger partial charge on any atom is -0.389 e. The van der Waals surface area contributed by atoms with Gasteiger partial charge in [-0.1, -0.05) is 20.8 Å². The first-order chi connectivity index (χ1) is 5.69. The highest BCUT2D eigenvalue weighted by Crippen LogP contribution is 2.25. The second-order valence-corrected chi connectivity index (χ2v) is 4.25. The van der Waals surface area contributed by atoms with E-state index in [2.05, 4.69) is 25.8 Å². The topological polar surface area (TPSA) is 33.1 Å². The van der Waals surface area contributed by atoms with E-state index in [1.807, 2.05) is 0 Å². The average molecular weight is 185 g/mol. The van der Waals surface area contributed by atoms with Crippen LogP contribution in [0.25, 0.3) is 0 Å². The molecule has 1 heterocycles. The Bertz CT molecular complexity index is 255. The maximum Gasteiger partial charge on any atom is 0.119 e. The fourth-order valence-electron chi connectivity index (χ4n) is 1.19. The summed E-state index contributed by atoms with van der Waals surface area (Å²) < 4.78 is 0. The maximum atomic E-state index is 8.90. The number of aliphatic hydroxyl groups is 1. The van der Waals surface area contributed by atoms with Crippen LogP contribution in [0, 0.1) is 0 Å². The molecule has 0 spiro atoms. The van der Waals surface area contributed by atoms with Gasteiger partial charge in [-0.25, -0.2) is 4.98 Å². The number of hydrogen-bond acceptors (Lipinski definition) is 3. The van der Waals surface area contributed by atoms with Gasteiger partial charge < -0.3 is 5.11 Å². The Morgan fingerprint density at radius 1 is 1.50 bits per heavy atom. The third kappa shape index (κ3) is 1.84. The van der Waals surface area contributed by atoms with Gasteiger partial charge in [0.2, 0.25) is 0 Å². The Morgan fingerprint density at radius 3 is 2.50 bits per heavy atom. The van der Waals surface area contributed by atoms with Gasteiger partial charge in [-0.2, -0.15) is 0 Å². The summed E-state index contributed by atoms with van der Waals surface area (Å²) in [7, 11) is 0. The summed E-state index contributed by atoms with van der Waals surface area (Å²) in [6.07, 6.45) is 1.02. The predicted octanol–water partition coefficient (Wildman–Crippen LogP) is 2.32. The second-order valence-electron chi connectivity index (χ2n) is 3.08. The van der Waals surface area contributed by atoms with E-state index in [0.717, 1.165) is 17.1 Å². The number of hydrogen-bond donors (Lipinski definition) is 1. The van der Waals surface area contributed by atoms with Crippen LogP contribution in [0.2, 0.25) is 0 Å². The predicted molar refractivity (Wildman–Crippen MR) is 51.5 cm³/mol. The van der Waals surface area contributed by atoms with E-state index >= 15 is 0 Å². The smallest absolute Gasteiger partial charge is 0.119 e.